The molecule has 0 bridgehead atoms. The standard InChI is InChI=1S/C21H22FN3O3/c1-14-12-16(26)21-17(6-5-15(22)20(14)21)28-13-19(27)25-10-8-24(9-11-25)18-4-2-3-7-23-18/h2-7,14H,8-13H2,1H3/t14-/m0/s1. The van der Waals surface area contributed by atoms with Gasteiger partial charge < -0.3 is 14.5 Å². The number of carbonyl (C=O) groups is 2. The Hall–Kier alpha value is -2.96. The average Bonchev–Trinajstić information content (AvgIpc) is 3.03. The number of ether oxygens (including phenoxy) is 1. The Morgan fingerprint density at radius 3 is 2.71 bits per heavy atom. The number of rotatable bonds is 4. The Bertz CT molecular complexity index is 895. The minimum absolute atomic E-state index is 0.131. The number of fused-ring (bicyclic) bond motifs is 1. The normalized spacial score (nSPS) is 18.9. The molecule has 1 aromatic heterocycles. The summed E-state index contributed by atoms with van der Waals surface area (Å²) in [5.74, 6) is 0.372. The van der Waals surface area contributed by atoms with Gasteiger partial charge in [-0.3, -0.25) is 9.59 Å². The molecule has 0 unspecified atom stereocenters. The summed E-state index contributed by atoms with van der Waals surface area (Å²) >= 11 is 0. The van der Waals surface area contributed by atoms with Crippen LogP contribution in [0.3, 0.4) is 0 Å². The summed E-state index contributed by atoms with van der Waals surface area (Å²) in [6.07, 6.45) is 2.03. The van der Waals surface area contributed by atoms with E-state index >= 15 is 0 Å². The zero-order valence-electron chi connectivity index (χ0n) is 15.7. The van der Waals surface area contributed by atoms with Crippen molar-refractivity contribution in [2.75, 3.05) is 37.7 Å². The number of hydrogen-bond donors (Lipinski definition) is 0. The lowest BCUT2D eigenvalue weighted by molar-refractivity contribution is -0.133. The van der Waals surface area contributed by atoms with Gasteiger partial charge in [0.2, 0.25) is 0 Å². The lowest BCUT2D eigenvalue weighted by Crippen LogP contribution is -2.50. The molecule has 1 saturated heterocycles. The van der Waals surface area contributed by atoms with Gasteiger partial charge in [0.25, 0.3) is 5.91 Å². The third-order valence-electron chi connectivity index (χ3n) is 5.37. The highest BCUT2D eigenvalue weighted by molar-refractivity contribution is 6.03. The van der Waals surface area contributed by atoms with Crippen LogP contribution in [0, 0.1) is 5.82 Å². The number of benzene rings is 1. The van der Waals surface area contributed by atoms with Crippen molar-refractivity contribution in [3.8, 4) is 5.75 Å². The highest BCUT2D eigenvalue weighted by atomic mass is 19.1. The van der Waals surface area contributed by atoms with Crippen LogP contribution in [0.4, 0.5) is 10.2 Å². The monoisotopic (exact) mass is 383 g/mol. The molecule has 0 spiro atoms. The number of anilines is 1. The molecule has 1 amide bonds. The molecule has 1 fully saturated rings. The van der Waals surface area contributed by atoms with Crippen LogP contribution < -0.4 is 9.64 Å². The predicted octanol–water partition coefficient (Wildman–Crippen LogP) is 2.64. The number of halogens is 1. The number of hydrogen-bond acceptors (Lipinski definition) is 5. The molecule has 2 aromatic rings. The second kappa shape index (κ2) is 7.58. The predicted molar refractivity (Wildman–Crippen MR) is 102 cm³/mol. The first-order valence-electron chi connectivity index (χ1n) is 9.46. The Labute approximate surface area is 162 Å². The lowest BCUT2D eigenvalue weighted by atomic mass is 10.0. The molecule has 6 nitrogen and oxygen atoms in total. The number of pyridine rings is 1. The molecule has 2 aliphatic rings. The third kappa shape index (κ3) is 3.44. The zero-order chi connectivity index (χ0) is 19.7. The van der Waals surface area contributed by atoms with Crippen LogP contribution in [0.15, 0.2) is 36.5 Å². The Kier molecular flexibility index (Phi) is 4.98. The zero-order valence-corrected chi connectivity index (χ0v) is 15.7. The lowest BCUT2D eigenvalue weighted by Gasteiger charge is -2.35. The van der Waals surface area contributed by atoms with Crippen LogP contribution in [0.25, 0.3) is 0 Å². The van der Waals surface area contributed by atoms with Gasteiger partial charge in [-0.2, -0.15) is 0 Å². The van der Waals surface area contributed by atoms with Gasteiger partial charge in [0.15, 0.2) is 12.4 Å². The summed E-state index contributed by atoms with van der Waals surface area (Å²) in [7, 11) is 0. The van der Waals surface area contributed by atoms with E-state index in [0.717, 1.165) is 5.82 Å². The number of carbonyl (C=O) groups excluding carboxylic acids is 2. The second-order valence-electron chi connectivity index (χ2n) is 7.21. The van der Waals surface area contributed by atoms with Crippen molar-refractivity contribution in [2.24, 2.45) is 0 Å². The molecule has 0 radical (unpaired) electrons. The SMILES string of the molecule is C[C@H]1CC(=O)c2c(OCC(=O)N3CCN(c4ccccn4)CC3)ccc(F)c21. The number of aromatic nitrogens is 1. The molecule has 1 atom stereocenters. The topological polar surface area (TPSA) is 62.7 Å². The van der Waals surface area contributed by atoms with E-state index in [0.29, 0.717) is 43.1 Å². The van der Waals surface area contributed by atoms with E-state index in [9.17, 15) is 14.0 Å². The largest absolute Gasteiger partial charge is 0.483 e. The van der Waals surface area contributed by atoms with Crippen LogP contribution in [0.2, 0.25) is 0 Å². The van der Waals surface area contributed by atoms with Crippen LogP contribution in [-0.2, 0) is 4.79 Å². The van der Waals surface area contributed by atoms with Gasteiger partial charge in [0.1, 0.15) is 17.4 Å². The van der Waals surface area contributed by atoms with Crippen molar-refractivity contribution in [3.63, 3.8) is 0 Å². The van der Waals surface area contributed by atoms with Gasteiger partial charge in [-0.05, 0) is 30.2 Å². The highest BCUT2D eigenvalue weighted by Gasteiger charge is 2.33. The molecule has 146 valence electrons. The fourth-order valence-electron chi connectivity index (χ4n) is 3.90. The number of amides is 1. The fourth-order valence-corrected chi connectivity index (χ4v) is 3.90. The summed E-state index contributed by atoms with van der Waals surface area (Å²) < 4.78 is 19.7. The summed E-state index contributed by atoms with van der Waals surface area (Å²) in [6, 6.07) is 8.51. The maximum Gasteiger partial charge on any atom is 0.260 e. The molecular weight excluding hydrogens is 361 g/mol. The van der Waals surface area contributed by atoms with Crippen molar-refractivity contribution in [1.82, 2.24) is 9.88 Å². The molecule has 28 heavy (non-hydrogen) atoms. The molecule has 2 heterocycles. The maximum atomic E-state index is 14.1. The number of nitrogens with zero attached hydrogens (tertiary/aromatic N) is 3. The molecule has 0 saturated carbocycles. The van der Waals surface area contributed by atoms with Crippen molar-refractivity contribution in [1.29, 1.82) is 0 Å². The van der Waals surface area contributed by atoms with Crippen LogP contribution in [0.5, 0.6) is 5.75 Å². The smallest absolute Gasteiger partial charge is 0.260 e. The Balaban J connectivity index is 1.37. The first-order valence-corrected chi connectivity index (χ1v) is 9.46. The second-order valence-corrected chi connectivity index (χ2v) is 7.21. The average molecular weight is 383 g/mol. The van der Waals surface area contributed by atoms with Gasteiger partial charge in [-0.1, -0.05) is 13.0 Å². The maximum absolute atomic E-state index is 14.1. The molecule has 1 aliphatic heterocycles. The number of ketones is 1. The van der Waals surface area contributed by atoms with Gasteiger partial charge in [-0.15, -0.1) is 0 Å². The van der Waals surface area contributed by atoms with Gasteiger partial charge in [0, 0.05) is 44.4 Å². The Morgan fingerprint density at radius 2 is 2.00 bits per heavy atom. The van der Waals surface area contributed by atoms with Gasteiger partial charge in [-0.25, -0.2) is 9.37 Å². The Morgan fingerprint density at radius 1 is 1.21 bits per heavy atom. The van der Waals surface area contributed by atoms with Crippen molar-refractivity contribution in [2.45, 2.75) is 19.3 Å². The highest BCUT2D eigenvalue weighted by Crippen LogP contribution is 2.39. The first kappa shape index (κ1) is 18.4. The summed E-state index contributed by atoms with van der Waals surface area (Å²) in [4.78, 5) is 33.0. The fraction of sp³-hybridized carbons (Fsp3) is 0.381. The minimum Gasteiger partial charge on any atom is -0.483 e. The minimum atomic E-state index is -0.391. The number of piperazine rings is 1. The van der Waals surface area contributed by atoms with Crippen molar-refractivity contribution >= 4 is 17.5 Å². The molecule has 0 N–H and O–H groups in total. The molecule has 1 aliphatic carbocycles. The van der Waals surface area contributed by atoms with E-state index in [-0.39, 0.29) is 30.6 Å². The molecule has 4 rings (SSSR count). The van der Waals surface area contributed by atoms with E-state index in [1.165, 1.54) is 12.1 Å². The van der Waals surface area contributed by atoms with Crippen molar-refractivity contribution < 1.29 is 18.7 Å². The van der Waals surface area contributed by atoms with Crippen LogP contribution in [0.1, 0.15) is 35.2 Å². The summed E-state index contributed by atoms with van der Waals surface area (Å²) in [6.45, 7) is 4.22. The molecular formula is C21H22FN3O3. The van der Waals surface area contributed by atoms with E-state index in [2.05, 4.69) is 9.88 Å². The molecule has 7 heteroatoms. The summed E-state index contributed by atoms with van der Waals surface area (Å²) in [5.41, 5.74) is 0.694. The summed E-state index contributed by atoms with van der Waals surface area (Å²) in [5, 5.41) is 0. The first-order chi connectivity index (χ1) is 13.5. The van der Waals surface area contributed by atoms with Crippen LogP contribution in [-0.4, -0.2) is 54.4 Å². The molecule has 1 aromatic carbocycles. The van der Waals surface area contributed by atoms with Gasteiger partial charge >= 0.3 is 0 Å². The quantitative estimate of drug-likeness (QED) is 0.812. The van der Waals surface area contributed by atoms with Crippen molar-refractivity contribution in [3.05, 3.63) is 53.5 Å². The van der Waals surface area contributed by atoms with E-state index in [1.807, 2.05) is 25.1 Å². The third-order valence-corrected chi connectivity index (χ3v) is 5.37. The van der Waals surface area contributed by atoms with Gasteiger partial charge in [0.05, 0.1) is 5.56 Å². The van der Waals surface area contributed by atoms with E-state index in [4.69, 9.17) is 4.74 Å². The van der Waals surface area contributed by atoms with Crippen LogP contribution >= 0.6 is 0 Å². The number of Topliss-reactive ketones (excluding diaryl/α,β-unsaturated/α-hetero) is 1. The van der Waals surface area contributed by atoms with E-state index in [1.54, 1.807) is 11.1 Å². The van der Waals surface area contributed by atoms with E-state index < -0.39 is 5.82 Å².